The Hall–Kier alpha value is -3.76. The number of fused-ring (bicyclic) bond motifs is 1. The molecule has 6 N–H and O–H groups in total. The van der Waals surface area contributed by atoms with Crippen molar-refractivity contribution in [1.82, 2.24) is 15.0 Å². The minimum atomic E-state index is -4.64. The van der Waals surface area contributed by atoms with Crippen LogP contribution in [0.3, 0.4) is 0 Å². The lowest BCUT2D eigenvalue weighted by Gasteiger charge is -2.35. The maximum absolute atomic E-state index is 13.9. The number of alkyl halides is 3. The van der Waals surface area contributed by atoms with E-state index < -0.39 is 29.3 Å². The molecule has 8 nitrogen and oxygen atoms in total. The molecule has 3 aromatic rings. The summed E-state index contributed by atoms with van der Waals surface area (Å²) in [5, 5.41) is 17.4. The molecule has 1 unspecified atom stereocenters. The van der Waals surface area contributed by atoms with E-state index in [0.717, 1.165) is 6.07 Å². The number of nitriles is 1. The third-order valence-corrected chi connectivity index (χ3v) is 7.42. The number of aromatic nitrogens is 2. The number of nitrogens with one attached hydrogen (secondary N) is 2. The van der Waals surface area contributed by atoms with Crippen molar-refractivity contribution in [3.05, 3.63) is 69.5 Å². The molecule has 2 radical (unpaired) electrons. The molecule has 0 aliphatic heterocycles. The lowest BCUT2D eigenvalue weighted by molar-refractivity contribution is -0.190. The number of hydrazine groups is 1. The number of benzene rings is 1. The number of rotatable bonds is 8. The quantitative estimate of drug-likeness (QED) is 0.0842. The molecule has 1 atom stereocenters. The van der Waals surface area contributed by atoms with Crippen LogP contribution in [0.1, 0.15) is 56.5 Å². The summed E-state index contributed by atoms with van der Waals surface area (Å²) in [5.74, 6) is 5.16. The average Bonchev–Trinajstić information content (AvgIpc) is 3.71. The van der Waals surface area contributed by atoms with Gasteiger partial charge in [0, 0.05) is 40.8 Å². The summed E-state index contributed by atoms with van der Waals surface area (Å²) >= 11 is 6.62. The van der Waals surface area contributed by atoms with Gasteiger partial charge in [-0.05, 0) is 49.0 Å². The first-order valence-corrected chi connectivity index (χ1v) is 13.4. The first kappa shape index (κ1) is 31.2. The van der Waals surface area contributed by atoms with Gasteiger partial charge in [0.05, 0.1) is 27.8 Å². The average molecular weight is 601 g/mol. The van der Waals surface area contributed by atoms with Crippen molar-refractivity contribution in [2.75, 3.05) is 17.2 Å². The first-order valence-electron chi connectivity index (χ1n) is 13.0. The molecule has 42 heavy (non-hydrogen) atoms. The van der Waals surface area contributed by atoms with Crippen molar-refractivity contribution < 1.29 is 17.6 Å². The van der Waals surface area contributed by atoms with Gasteiger partial charge >= 0.3 is 6.18 Å². The zero-order chi connectivity index (χ0) is 31.2. The Kier molecular flexibility index (Phi) is 8.28. The topological polar surface area (TPSA) is 129 Å². The highest BCUT2D eigenvalue weighted by Gasteiger charge is 2.67. The lowest BCUT2D eigenvalue weighted by atomic mass is 9.92. The number of hydrogen-bond acceptors (Lipinski definition) is 8. The summed E-state index contributed by atoms with van der Waals surface area (Å²) in [5.41, 5.74) is 5.37. The Morgan fingerprint density at radius 3 is 2.48 bits per heavy atom. The van der Waals surface area contributed by atoms with Gasteiger partial charge in [0.1, 0.15) is 19.5 Å². The number of anilines is 2. The molecule has 1 fully saturated rings. The minimum Gasteiger partial charge on any atom is -0.399 e. The second kappa shape index (κ2) is 11.1. The summed E-state index contributed by atoms with van der Waals surface area (Å²) < 4.78 is 55.4. The van der Waals surface area contributed by atoms with Gasteiger partial charge in [0.25, 0.3) is 0 Å². The number of pyridine rings is 2. The van der Waals surface area contributed by atoms with E-state index in [1.807, 2.05) is 20.8 Å². The monoisotopic (exact) mass is 600 g/mol. The highest BCUT2D eigenvalue weighted by atomic mass is 35.5. The predicted octanol–water partition coefficient (Wildman–Crippen LogP) is 5.78. The molecule has 1 saturated carbocycles. The van der Waals surface area contributed by atoms with Crippen LogP contribution in [0.25, 0.3) is 10.9 Å². The Morgan fingerprint density at radius 1 is 1.26 bits per heavy atom. The smallest absolute Gasteiger partial charge is 0.399 e. The molecule has 2 aromatic heterocycles. The van der Waals surface area contributed by atoms with E-state index in [4.69, 9.17) is 31.0 Å². The molecule has 0 spiro atoms. The number of hydrogen-bond donors (Lipinski definition) is 4. The fourth-order valence-corrected chi connectivity index (χ4v) is 4.87. The van der Waals surface area contributed by atoms with Crippen molar-refractivity contribution in [3.8, 4) is 6.07 Å². The van der Waals surface area contributed by atoms with Crippen LogP contribution in [0, 0.1) is 29.6 Å². The van der Waals surface area contributed by atoms with Gasteiger partial charge in [-0.3, -0.25) is 4.98 Å². The molecule has 4 rings (SSSR count). The van der Waals surface area contributed by atoms with Crippen LogP contribution in [0.4, 0.5) is 28.9 Å². The molecule has 0 saturated heterocycles. The SMILES string of the molecule is [B]/C(=C(/N)C(Nc1cc(Cl)c2ncc(C#N)c(NCC(C)(C)C)c2c1)c1ccc(F)nc1C)N(N)C1(C(F)(F)F)CC1. The fourth-order valence-electron chi connectivity index (χ4n) is 4.60. The third-order valence-electron chi connectivity index (χ3n) is 7.13. The maximum Gasteiger partial charge on any atom is 0.413 e. The Balaban J connectivity index is 1.85. The van der Waals surface area contributed by atoms with Gasteiger partial charge in [-0.25, -0.2) is 10.8 Å². The second-order valence-electron chi connectivity index (χ2n) is 11.6. The minimum absolute atomic E-state index is 0.125. The summed E-state index contributed by atoms with van der Waals surface area (Å²) in [6.07, 6.45) is -3.70. The van der Waals surface area contributed by atoms with E-state index in [1.165, 1.54) is 19.2 Å². The van der Waals surface area contributed by atoms with Crippen molar-refractivity contribution >= 4 is 41.7 Å². The van der Waals surface area contributed by atoms with Crippen molar-refractivity contribution in [3.63, 3.8) is 0 Å². The second-order valence-corrected chi connectivity index (χ2v) is 12.0. The van der Waals surface area contributed by atoms with Crippen LogP contribution in [-0.4, -0.2) is 41.1 Å². The summed E-state index contributed by atoms with van der Waals surface area (Å²) in [6, 6.07) is 6.77. The van der Waals surface area contributed by atoms with E-state index in [9.17, 15) is 22.8 Å². The van der Waals surface area contributed by atoms with Gasteiger partial charge in [-0.15, -0.1) is 0 Å². The number of nitrogens with two attached hydrogens (primary N) is 2. The molecule has 1 aliphatic carbocycles. The number of aryl methyl sites for hydroxylation is 1. The largest absolute Gasteiger partial charge is 0.413 e. The molecular formula is C28H30BClF4N8. The van der Waals surface area contributed by atoms with E-state index >= 15 is 0 Å². The molecule has 1 aromatic carbocycles. The third kappa shape index (κ3) is 6.05. The zero-order valence-corrected chi connectivity index (χ0v) is 24.3. The van der Waals surface area contributed by atoms with Crippen molar-refractivity contribution in [1.29, 1.82) is 5.26 Å². The van der Waals surface area contributed by atoms with Crippen molar-refractivity contribution in [2.45, 2.75) is 58.3 Å². The number of nitrogens with zero attached hydrogens (tertiary/aromatic N) is 4. The van der Waals surface area contributed by atoms with E-state index in [2.05, 4.69) is 26.7 Å². The summed E-state index contributed by atoms with van der Waals surface area (Å²) in [4.78, 5) is 8.19. The van der Waals surface area contributed by atoms with Crippen LogP contribution in [0.15, 0.2) is 41.8 Å². The van der Waals surface area contributed by atoms with Crippen LogP contribution < -0.4 is 22.2 Å². The summed E-state index contributed by atoms with van der Waals surface area (Å²) in [6.45, 7) is 8.15. The van der Waals surface area contributed by atoms with Gasteiger partial charge < -0.3 is 21.4 Å². The highest BCUT2D eigenvalue weighted by Crippen LogP contribution is 2.53. The fraction of sp³-hybridized carbons (Fsp3) is 0.393. The van der Waals surface area contributed by atoms with Crippen LogP contribution in [-0.2, 0) is 0 Å². The van der Waals surface area contributed by atoms with Gasteiger partial charge in [0.2, 0.25) is 5.95 Å². The Labute approximate surface area is 247 Å². The predicted molar refractivity (Wildman–Crippen MR) is 156 cm³/mol. The molecule has 14 heteroatoms. The highest BCUT2D eigenvalue weighted by molar-refractivity contribution is 6.35. The molecular weight excluding hydrogens is 571 g/mol. The van der Waals surface area contributed by atoms with Gasteiger partial charge in [0.15, 0.2) is 0 Å². The van der Waals surface area contributed by atoms with Crippen molar-refractivity contribution in [2.24, 2.45) is 17.0 Å². The molecule has 2 heterocycles. The first-order chi connectivity index (χ1) is 19.5. The van der Waals surface area contributed by atoms with Gasteiger partial charge in [-0.2, -0.15) is 22.8 Å². The molecule has 220 valence electrons. The number of halogens is 5. The van der Waals surface area contributed by atoms with Gasteiger partial charge in [-0.1, -0.05) is 38.4 Å². The van der Waals surface area contributed by atoms with E-state index in [0.29, 0.717) is 45.0 Å². The molecule has 0 amide bonds. The normalized spacial score (nSPS) is 15.9. The lowest BCUT2D eigenvalue weighted by Crippen LogP contribution is -2.52. The van der Waals surface area contributed by atoms with Crippen LogP contribution >= 0.6 is 11.6 Å². The molecule has 1 aliphatic rings. The molecule has 0 bridgehead atoms. The maximum atomic E-state index is 13.9. The van der Waals surface area contributed by atoms with E-state index in [-0.39, 0.29) is 34.7 Å². The standard InChI is InChI=1S/C28H30BClF4N8/c1-14-17(5-6-20(31)40-14)24(21(36)25(29)42(37)27(7-8-27)28(32,33)34)41-16-9-18-22(39-13-26(2,3)4)15(11-35)12-38-23(18)19(30)10-16/h5-6,9-10,12,24,41H,7-8,13,36-37H2,1-4H3,(H,38,39)/b25-21-. The van der Waals surface area contributed by atoms with E-state index in [1.54, 1.807) is 12.1 Å². The van der Waals surface area contributed by atoms with Crippen LogP contribution in [0.2, 0.25) is 5.02 Å². The Morgan fingerprint density at radius 2 is 1.93 bits per heavy atom. The Bertz CT molecular complexity index is 1590. The zero-order valence-electron chi connectivity index (χ0n) is 23.5. The van der Waals surface area contributed by atoms with Crippen LogP contribution in [0.5, 0.6) is 0 Å². The summed E-state index contributed by atoms with van der Waals surface area (Å²) in [7, 11) is 6.16.